The molecule has 0 fully saturated rings. The van der Waals surface area contributed by atoms with Gasteiger partial charge in [-0.25, -0.2) is 0 Å². The molecule has 0 aliphatic carbocycles. The molecule has 0 N–H and O–H groups in total. The smallest absolute Gasteiger partial charge is 0.306 e. The molecule has 1 aromatic rings. The second-order valence-corrected chi connectivity index (χ2v) is 9.33. The summed E-state index contributed by atoms with van der Waals surface area (Å²) in [6, 6.07) is 3.09. The molecule has 9 heteroatoms. The van der Waals surface area contributed by atoms with Crippen molar-refractivity contribution in [3.8, 4) is 54.3 Å². The third kappa shape index (κ3) is 15.7. The fraction of sp³-hybridized carbons (Fsp3) is 0.548. The van der Waals surface area contributed by atoms with Crippen LogP contribution in [0.1, 0.15) is 56.8 Å². The van der Waals surface area contributed by atoms with E-state index in [0.29, 0.717) is 64.5 Å². The largest absolute Gasteiger partial charge is 0.477 e. The lowest BCUT2D eigenvalue weighted by molar-refractivity contribution is -0.155. The Morgan fingerprint density at radius 2 is 1.15 bits per heavy atom. The molecule has 0 heterocycles. The van der Waals surface area contributed by atoms with Gasteiger partial charge in [0.15, 0.2) is 17.3 Å². The number of ketones is 1. The molecule has 0 saturated carbocycles. The highest BCUT2D eigenvalue weighted by atomic mass is 16.6. The van der Waals surface area contributed by atoms with E-state index < -0.39 is 5.60 Å². The van der Waals surface area contributed by atoms with Crippen molar-refractivity contribution in [3.63, 3.8) is 0 Å². The molecule has 0 saturated heterocycles. The van der Waals surface area contributed by atoms with E-state index in [1.165, 1.54) is 0 Å². The highest BCUT2D eigenvalue weighted by Crippen LogP contribution is 2.39. The van der Waals surface area contributed by atoms with Gasteiger partial charge < -0.3 is 33.2 Å². The van der Waals surface area contributed by atoms with Gasteiger partial charge in [-0.3, -0.25) is 9.59 Å². The summed E-state index contributed by atoms with van der Waals surface area (Å²) in [7, 11) is 0. The average molecular weight is 557 g/mol. The molecule has 0 aliphatic heterocycles. The van der Waals surface area contributed by atoms with Gasteiger partial charge in [-0.2, -0.15) is 0 Å². The Hall–Kier alpha value is -3.68. The Kier molecular flexibility index (Phi) is 17.4. The number of benzene rings is 1. The van der Waals surface area contributed by atoms with Crippen LogP contribution in [0.2, 0.25) is 0 Å². The van der Waals surface area contributed by atoms with Crippen LogP contribution in [0, 0.1) is 37.0 Å². The lowest BCUT2D eigenvalue weighted by Crippen LogP contribution is -2.23. The van der Waals surface area contributed by atoms with Crippen LogP contribution in [0.4, 0.5) is 0 Å². The first-order valence-corrected chi connectivity index (χ1v) is 13.1. The molecule has 0 bridgehead atoms. The van der Waals surface area contributed by atoms with Crippen LogP contribution in [0.5, 0.6) is 17.2 Å². The normalized spacial score (nSPS) is 10.6. The summed E-state index contributed by atoms with van der Waals surface area (Å²) in [5.74, 6) is 7.47. The van der Waals surface area contributed by atoms with Gasteiger partial charge in [0.1, 0.15) is 25.4 Å². The Balaban J connectivity index is 2.33. The molecule has 40 heavy (non-hydrogen) atoms. The summed E-state index contributed by atoms with van der Waals surface area (Å²) in [6.07, 6.45) is 17.6. The van der Waals surface area contributed by atoms with E-state index >= 15 is 0 Å². The topological polar surface area (TPSA) is 98.8 Å². The fourth-order valence-electron chi connectivity index (χ4n) is 3.18. The van der Waals surface area contributed by atoms with Gasteiger partial charge in [0, 0.05) is 31.6 Å². The first-order valence-electron chi connectivity index (χ1n) is 13.1. The first-order chi connectivity index (χ1) is 19.2. The van der Waals surface area contributed by atoms with Crippen molar-refractivity contribution < 1.29 is 42.7 Å². The second-order valence-electron chi connectivity index (χ2n) is 9.33. The predicted molar refractivity (Wildman–Crippen MR) is 151 cm³/mol. The maximum Gasteiger partial charge on any atom is 0.306 e. The zero-order valence-corrected chi connectivity index (χ0v) is 23.8. The zero-order valence-electron chi connectivity index (χ0n) is 23.8. The maximum absolute atomic E-state index is 12.8. The number of ether oxygens (including phenoxy) is 7. The van der Waals surface area contributed by atoms with E-state index in [4.69, 9.17) is 52.4 Å². The monoisotopic (exact) mass is 556 g/mol. The third-order valence-electron chi connectivity index (χ3n) is 4.79. The van der Waals surface area contributed by atoms with Crippen molar-refractivity contribution in [2.45, 2.75) is 52.1 Å². The first kappa shape index (κ1) is 34.3. The van der Waals surface area contributed by atoms with Crippen LogP contribution in [-0.2, 0) is 23.7 Å². The second kappa shape index (κ2) is 20.3. The Bertz CT molecular complexity index is 996. The van der Waals surface area contributed by atoms with E-state index in [2.05, 4.69) is 17.8 Å². The predicted octanol–water partition coefficient (Wildman–Crippen LogP) is 3.86. The summed E-state index contributed by atoms with van der Waals surface area (Å²) in [4.78, 5) is 24.4. The molecule has 0 aromatic heterocycles. The Morgan fingerprint density at radius 3 is 1.62 bits per heavy atom. The van der Waals surface area contributed by atoms with Gasteiger partial charge in [-0.15, -0.1) is 19.3 Å². The SMILES string of the molecule is C#CCOc1cc(C(=O)CCCOCCOCCOCCCC(=O)OC(C)(C)C)cc(OCC#C)c1OCC#C. The summed E-state index contributed by atoms with van der Waals surface area (Å²) in [5.41, 5.74) is -0.111. The molecule has 218 valence electrons. The van der Waals surface area contributed by atoms with Crippen LogP contribution in [-0.4, -0.2) is 76.8 Å². The molecule has 0 aliphatic rings. The number of hydrogen-bond acceptors (Lipinski definition) is 9. The van der Waals surface area contributed by atoms with E-state index in [1.54, 1.807) is 12.1 Å². The number of carbonyl (C=O) groups excluding carboxylic acids is 2. The van der Waals surface area contributed by atoms with Crippen molar-refractivity contribution in [1.29, 1.82) is 0 Å². The van der Waals surface area contributed by atoms with E-state index in [-0.39, 0.29) is 55.2 Å². The van der Waals surface area contributed by atoms with Crippen molar-refractivity contribution >= 4 is 11.8 Å². The molecule has 9 nitrogen and oxygen atoms in total. The summed E-state index contributed by atoms with van der Waals surface area (Å²) < 4.78 is 38.4. The minimum absolute atomic E-state index is 0.0317. The Labute approximate surface area is 238 Å². The molecule has 0 spiro atoms. The molecule has 1 rings (SSSR count). The minimum atomic E-state index is -0.474. The van der Waals surface area contributed by atoms with Gasteiger partial charge in [-0.1, -0.05) is 17.8 Å². The van der Waals surface area contributed by atoms with Crippen LogP contribution >= 0.6 is 0 Å². The van der Waals surface area contributed by atoms with Crippen molar-refractivity contribution in [1.82, 2.24) is 0 Å². The zero-order chi connectivity index (χ0) is 29.6. The number of carbonyl (C=O) groups is 2. The minimum Gasteiger partial charge on any atom is -0.477 e. The number of esters is 1. The van der Waals surface area contributed by atoms with Gasteiger partial charge in [0.2, 0.25) is 5.75 Å². The molecular formula is C31H40O9. The van der Waals surface area contributed by atoms with Crippen molar-refractivity contribution in [3.05, 3.63) is 17.7 Å². The number of terminal acetylenes is 3. The average Bonchev–Trinajstić information content (AvgIpc) is 2.91. The molecule has 0 amide bonds. The summed E-state index contributed by atoms with van der Waals surface area (Å²) in [5, 5.41) is 0. The number of rotatable bonds is 21. The molecular weight excluding hydrogens is 516 g/mol. The molecule has 1 aromatic carbocycles. The number of Topliss-reactive ketones (excluding diaryl/α,β-unsaturated/α-hetero) is 1. The lowest BCUT2D eigenvalue weighted by atomic mass is 10.1. The van der Waals surface area contributed by atoms with Crippen LogP contribution in [0.15, 0.2) is 12.1 Å². The van der Waals surface area contributed by atoms with E-state index in [9.17, 15) is 9.59 Å². The van der Waals surface area contributed by atoms with Gasteiger partial charge in [0.25, 0.3) is 0 Å². The quantitative estimate of drug-likeness (QED) is 0.0968. The van der Waals surface area contributed by atoms with Crippen molar-refractivity contribution in [2.75, 3.05) is 59.5 Å². The third-order valence-corrected chi connectivity index (χ3v) is 4.79. The van der Waals surface area contributed by atoms with Crippen molar-refractivity contribution in [2.24, 2.45) is 0 Å². The van der Waals surface area contributed by atoms with E-state index in [1.807, 2.05) is 20.8 Å². The fourth-order valence-corrected chi connectivity index (χ4v) is 3.18. The van der Waals surface area contributed by atoms with Crippen LogP contribution in [0.25, 0.3) is 0 Å². The highest BCUT2D eigenvalue weighted by molar-refractivity contribution is 5.97. The van der Waals surface area contributed by atoms with Gasteiger partial charge in [-0.05, 0) is 45.7 Å². The molecule has 0 radical (unpaired) electrons. The van der Waals surface area contributed by atoms with Crippen LogP contribution < -0.4 is 14.2 Å². The standard InChI is InChI=1S/C31H40O9/c1-7-14-37-27-23-25(24-28(38-15-8-2)30(27)39-16-9-3)26(32)12-10-17-34-19-21-36-22-20-35-18-11-13-29(33)40-31(4,5)6/h1-3,23-24H,10-22H2,4-6H3. The van der Waals surface area contributed by atoms with Gasteiger partial charge >= 0.3 is 5.97 Å². The Morgan fingerprint density at radius 1 is 0.700 bits per heavy atom. The molecule has 0 atom stereocenters. The summed E-state index contributed by atoms with van der Waals surface area (Å²) in [6.45, 7) is 7.91. The van der Waals surface area contributed by atoms with Gasteiger partial charge in [0.05, 0.1) is 26.4 Å². The number of hydrogen-bond donors (Lipinski definition) is 0. The van der Waals surface area contributed by atoms with E-state index in [0.717, 1.165) is 0 Å². The summed E-state index contributed by atoms with van der Waals surface area (Å²) >= 11 is 0. The highest BCUT2D eigenvalue weighted by Gasteiger charge is 2.19. The van der Waals surface area contributed by atoms with Crippen LogP contribution in [0.3, 0.4) is 0 Å². The maximum atomic E-state index is 12.8. The molecule has 0 unspecified atom stereocenters. The lowest BCUT2D eigenvalue weighted by Gasteiger charge is -2.19.